The van der Waals surface area contributed by atoms with Gasteiger partial charge in [-0.05, 0) is 216 Å². The van der Waals surface area contributed by atoms with Crippen LogP contribution in [0.25, 0.3) is 88.7 Å². The van der Waals surface area contributed by atoms with Crippen LogP contribution in [0.15, 0.2) is 337 Å². The molecule has 0 bridgehead atoms. The smallest absolute Gasteiger partial charge is 0.252 e. The van der Waals surface area contributed by atoms with Gasteiger partial charge in [0.05, 0.1) is 28.1 Å². The lowest BCUT2D eigenvalue weighted by Crippen LogP contribution is -2.61. The number of fused-ring (bicyclic) bond motifs is 7. The van der Waals surface area contributed by atoms with Gasteiger partial charge in [0.2, 0.25) is 0 Å². The van der Waals surface area contributed by atoms with Gasteiger partial charge in [0.1, 0.15) is 0 Å². The molecule has 2 aliphatic heterocycles. The Morgan fingerprint density at radius 2 is 0.839 bits per heavy atom. The van der Waals surface area contributed by atoms with Crippen LogP contribution in [0.5, 0.6) is 0 Å². The molecule has 4 heteroatoms. The van der Waals surface area contributed by atoms with E-state index in [1.54, 1.807) is 0 Å². The molecule has 2 saturated carbocycles. The van der Waals surface area contributed by atoms with Gasteiger partial charge in [-0.25, -0.2) is 0 Å². The Labute approximate surface area is 662 Å². The van der Waals surface area contributed by atoms with Gasteiger partial charge in [0.15, 0.2) is 0 Å². The number of hydrogen-bond acceptors (Lipinski definition) is 2. The first kappa shape index (κ1) is 68.6. The van der Waals surface area contributed by atoms with Gasteiger partial charge in [0.25, 0.3) is 6.71 Å². The van der Waals surface area contributed by atoms with Crippen molar-refractivity contribution in [3.8, 4) is 61.3 Å². The third kappa shape index (κ3) is 11.5. The van der Waals surface area contributed by atoms with Crippen LogP contribution in [0.1, 0.15) is 141 Å². The van der Waals surface area contributed by atoms with Crippen LogP contribution in [-0.4, -0.2) is 11.3 Å². The van der Waals surface area contributed by atoms with Crippen molar-refractivity contribution in [2.75, 3.05) is 9.80 Å². The molecule has 2 fully saturated rings. The van der Waals surface area contributed by atoms with E-state index in [-0.39, 0.29) is 23.5 Å². The maximum Gasteiger partial charge on any atom is 0.252 e. The van der Waals surface area contributed by atoms with Gasteiger partial charge in [0, 0.05) is 67.6 Å². The number of hydrogen-bond donors (Lipinski definition) is 0. The van der Waals surface area contributed by atoms with Crippen molar-refractivity contribution in [3.05, 3.63) is 354 Å². The zero-order valence-electron chi connectivity index (χ0n) is 65.5. The van der Waals surface area contributed by atoms with E-state index in [1.807, 2.05) is 0 Å². The van der Waals surface area contributed by atoms with Crippen LogP contribution < -0.4 is 26.2 Å². The van der Waals surface area contributed by atoms with Gasteiger partial charge in [-0.1, -0.05) is 334 Å². The van der Waals surface area contributed by atoms with Gasteiger partial charge in [-0.15, -0.1) is 0 Å². The first-order chi connectivity index (χ1) is 54.8. The molecule has 8 aliphatic rings. The summed E-state index contributed by atoms with van der Waals surface area (Å²) in [5, 5.41) is 2.48. The van der Waals surface area contributed by atoms with E-state index in [1.165, 1.54) is 242 Å². The molecular weight excluding hydrogens is 1350 g/mol. The summed E-state index contributed by atoms with van der Waals surface area (Å²) >= 11 is 0. The highest BCUT2D eigenvalue weighted by atomic mass is 15.2. The van der Waals surface area contributed by atoms with E-state index in [0.29, 0.717) is 23.7 Å². The molecule has 0 radical (unpaired) electrons. The molecule has 21 rings (SSSR count). The topological polar surface area (TPSA) is 11.4 Å². The summed E-state index contributed by atoms with van der Waals surface area (Å²) in [6.45, 7) is 14.3. The number of allylic oxidation sites excluding steroid dienone is 12. The highest BCUT2D eigenvalue weighted by Crippen LogP contribution is 2.60. The fourth-order valence-electron chi connectivity index (χ4n) is 21.2. The van der Waals surface area contributed by atoms with E-state index in [4.69, 9.17) is 0 Å². The second-order valence-corrected chi connectivity index (χ2v) is 35.5. The lowest BCUT2D eigenvalue weighted by molar-refractivity contribution is 0.329. The van der Waals surface area contributed by atoms with Crippen LogP contribution in [0.4, 0.5) is 34.1 Å². The average molecular weight is 1450 g/mol. The second-order valence-electron chi connectivity index (χ2n) is 35.5. The number of benzene rings is 12. The molecule has 0 amide bonds. The molecule has 0 spiro atoms. The predicted octanol–water partition coefficient (Wildman–Crippen LogP) is 27.7. The Hall–Kier alpha value is -11.5. The standard InChI is InChI=1S/C108H96BN3/c1-107(2,3)83-56-78-50-51-79-57-84(108(4,5)6)66-93-88(63-82(58-83)102(78)103(79)93)77-52-54-94-99(65-77)112(106-91(74-42-24-12-25-43-74)61-81(71-36-18-9-19-37-71)62-92(106)75-44-26-13-27-45-75)101-68-85(110-96-48-30-28-46-86(96)87-47-29-31-49-97(87)110)67-100-104(101)109(94)95-64-76(69-32-14-7-15-33-69)53-55-98(95)111(100)105-89(72-38-20-10-21-39-72)59-80(70-34-16-8-17-35-70)60-90(105)73-40-22-11-23-41-73/h7,10-15,20-33,38-56,58-68,70-71,79,102-103H,8-9,16-19,34-37,57H2,1-6H3. The van der Waals surface area contributed by atoms with E-state index in [9.17, 15) is 0 Å². The SMILES string of the molecule is CC(C)(C)C1=CC2=CC(c3ccc4c(c3)N(c3c(-c5ccccc5)cc(C5CCCCC5)cc3-c3ccccc3)c3cc(-n5c6ccccc6c6ccccc65)cc5c3B4c3cc(-c4ccccc4)ccc3N5c3c(-c4ccccc4)cc(C4CCCCC4)cc3-c3ccccc3)=C3C=C(C(C)(C)C)CC4C=CC(=C1)C2C34. The van der Waals surface area contributed by atoms with Gasteiger partial charge in [-0.3, -0.25) is 0 Å². The molecule has 3 unspecified atom stereocenters. The fourth-order valence-corrected chi connectivity index (χ4v) is 21.2. The normalized spacial score (nSPS) is 18.7. The van der Waals surface area contributed by atoms with Gasteiger partial charge >= 0.3 is 0 Å². The fraction of sp³-hybridized carbons (Fsp3) is 0.222. The van der Waals surface area contributed by atoms with E-state index in [0.717, 1.165) is 12.1 Å². The summed E-state index contributed by atoms with van der Waals surface area (Å²) in [5.41, 5.74) is 39.4. The van der Waals surface area contributed by atoms with Crippen molar-refractivity contribution in [2.45, 2.75) is 124 Å². The lowest BCUT2D eigenvalue weighted by Gasteiger charge is -2.48. The zero-order valence-corrected chi connectivity index (χ0v) is 65.5. The third-order valence-electron chi connectivity index (χ3n) is 26.8. The van der Waals surface area contributed by atoms with Crippen LogP contribution in [0.3, 0.4) is 0 Å². The minimum atomic E-state index is -0.235. The number of rotatable bonds is 11. The van der Waals surface area contributed by atoms with E-state index >= 15 is 0 Å². The zero-order chi connectivity index (χ0) is 75.1. The maximum atomic E-state index is 2.85. The molecular formula is C108H96BN3. The molecule has 3 heterocycles. The predicted molar refractivity (Wildman–Crippen MR) is 476 cm³/mol. The summed E-state index contributed by atoms with van der Waals surface area (Å²) in [7, 11) is 0. The maximum absolute atomic E-state index is 2.85. The van der Waals surface area contributed by atoms with Gasteiger partial charge in [-0.2, -0.15) is 0 Å². The average Bonchev–Trinajstić information content (AvgIpc) is 0.790. The van der Waals surface area contributed by atoms with Crippen molar-refractivity contribution in [2.24, 2.45) is 28.6 Å². The van der Waals surface area contributed by atoms with E-state index < -0.39 is 0 Å². The lowest BCUT2D eigenvalue weighted by atomic mass is 9.33. The molecule has 3 nitrogen and oxygen atoms in total. The van der Waals surface area contributed by atoms with Crippen molar-refractivity contribution >= 4 is 84.6 Å². The van der Waals surface area contributed by atoms with Crippen molar-refractivity contribution in [1.29, 1.82) is 0 Å². The Balaban J connectivity index is 0.947. The number of nitrogens with zero attached hydrogens (tertiary/aromatic N) is 3. The largest absolute Gasteiger partial charge is 0.310 e. The molecule has 1 aromatic heterocycles. The molecule has 13 aromatic rings. The molecule has 3 atom stereocenters. The Kier molecular flexibility index (Phi) is 16.6. The first-order valence-electron chi connectivity index (χ1n) is 41.8. The highest BCUT2D eigenvalue weighted by Gasteiger charge is 2.49. The quantitative estimate of drug-likeness (QED) is 0.120. The molecule has 112 heavy (non-hydrogen) atoms. The molecule has 6 aliphatic carbocycles. The molecule has 546 valence electrons. The molecule has 0 N–H and O–H groups in total. The highest BCUT2D eigenvalue weighted by molar-refractivity contribution is 7.00. The Morgan fingerprint density at radius 1 is 0.366 bits per heavy atom. The number of anilines is 6. The monoisotopic (exact) mass is 1450 g/mol. The van der Waals surface area contributed by atoms with Gasteiger partial charge < -0.3 is 14.4 Å². The van der Waals surface area contributed by atoms with Crippen LogP contribution in [0.2, 0.25) is 0 Å². The van der Waals surface area contributed by atoms with Crippen LogP contribution in [-0.2, 0) is 0 Å². The van der Waals surface area contributed by atoms with Crippen LogP contribution in [0, 0.1) is 28.6 Å². The summed E-state index contributed by atoms with van der Waals surface area (Å²) in [6, 6.07) is 107. The minimum Gasteiger partial charge on any atom is -0.310 e. The Bertz CT molecular complexity index is 5960. The van der Waals surface area contributed by atoms with Crippen molar-refractivity contribution in [3.63, 3.8) is 0 Å². The second kappa shape index (κ2) is 27.2. The Morgan fingerprint density at radius 3 is 1.34 bits per heavy atom. The first-order valence-corrected chi connectivity index (χ1v) is 41.8. The number of para-hydroxylation sites is 2. The summed E-state index contributed by atoms with van der Waals surface area (Å²) < 4.78 is 2.61. The number of aromatic nitrogens is 1. The third-order valence-corrected chi connectivity index (χ3v) is 26.8. The van der Waals surface area contributed by atoms with Crippen molar-refractivity contribution in [1.82, 2.24) is 4.57 Å². The van der Waals surface area contributed by atoms with E-state index in [2.05, 4.69) is 365 Å². The molecule has 0 saturated heterocycles. The minimum absolute atomic E-state index is 0.0154. The summed E-state index contributed by atoms with van der Waals surface area (Å²) in [5.74, 6) is 1.85. The summed E-state index contributed by atoms with van der Waals surface area (Å²) in [6.07, 6.45) is 29.0. The van der Waals surface area contributed by atoms with Crippen LogP contribution >= 0.6 is 0 Å². The van der Waals surface area contributed by atoms with Crippen molar-refractivity contribution < 1.29 is 0 Å². The summed E-state index contributed by atoms with van der Waals surface area (Å²) in [4.78, 5) is 5.63. The molecule has 12 aromatic carbocycles.